The molecule has 0 bridgehead atoms. The Balaban J connectivity index is 1.84. The fraction of sp³-hybridized carbons (Fsp3) is 0.375. The summed E-state index contributed by atoms with van der Waals surface area (Å²) >= 11 is 1.60. The molecule has 1 aromatic heterocycles. The predicted octanol–water partition coefficient (Wildman–Crippen LogP) is 2.68. The summed E-state index contributed by atoms with van der Waals surface area (Å²) in [5, 5.41) is 2.98. The summed E-state index contributed by atoms with van der Waals surface area (Å²) in [5.41, 5.74) is 8.69. The monoisotopic (exact) mass is 301 g/mol. The minimum Gasteiger partial charge on any atom is -0.337 e. The first-order chi connectivity index (χ1) is 10.1. The Morgan fingerprint density at radius 2 is 2.33 bits per heavy atom. The summed E-state index contributed by atoms with van der Waals surface area (Å²) < 4.78 is 0. The summed E-state index contributed by atoms with van der Waals surface area (Å²) in [5.74, 6) is 0.0697. The van der Waals surface area contributed by atoms with Crippen molar-refractivity contribution in [2.75, 3.05) is 13.1 Å². The average molecular weight is 301 g/mol. The lowest BCUT2D eigenvalue weighted by Gasteiger charge is -2.30. The van der Waals surface area contributed by atoms with E-state index < -0.39 is 0 Å². The third-order valence-electron chi connectivity index (χ3n) is 3.72. The molecule has 1 aliphatic rings. The van der Waals surface area contributed by atoms with Crippen LogP contribution in [0.3, 0.4) is 0 Å². The summed E-state index contributed by atoms with van der Waals surface area (Å²) in [6, 6.07) is 7.82. The van der Waals surface area contributed by atoms with E-state index in [2.05, 4.69) is 4.98 Å². The molecule has 0 saturated carbocycles. The van der Waals surface area contributed by atoms with Gasteiger partial charge in [0.05, 0.1) is 0 Å². The zero-order valence-corrected chi connectivity index (χ0v) is 12.9. The van der Waals surface area contributed by atoms with Gasteiger partial charge in [0.1, 0.15) is 5.01 Å². The number of rotatable bonds is 2. The van der Waals surface area contributed by atoms with Crippen molar-refractivity contribution in [2.24, 2.45) is 5.73 Å². The zero-order valence-electron chi connectivity index (χ0n) is 12.1. The van der Waals surface area contributed by atoms with Crippen molar-refractivity contribution in [3.63, 3.8) is 0 Å². The number of aryl methyl sites for hydroxylation is 1. The first kappa shape index (κ1) is 14.2. The highest BCUT2D eigenvalue weighted by Crippen LogP contribution is 2.25. The van der Waals surface area contributed by atoms with Crippen molar-refractivity contribution in [1.82, 2.24) is 9.88 Å². The van der Waals surface area contributed by atoms with E-state index in [-0.39, 0.29) is 11.9 Å². The van der Waals surface area contributed by atoms with E-state index in [9.17, 15) is 4.79 Å². The molecule has 1 aliphatic heterocycles. The van der Waals surface area contributed by atoms with Gasteiger partial charge in [0.2, 0.25) is 0 Å². The van der Waals surface area contributed by atoms with Gasteiger partial charge in [-0.3, -0.25) is 4.79 Å². The van der Waals surface area contributed by atoms with Crippen LogP contribution >= 0.6 is 11.3 Å². The van der Waals surface area contributed by atoms with Crippen molar-refractivity contribution in [1.29, 1.82) is 0 Å². The standard InChI is InChI=1S/C16H19N3OS/c1-11-10-21-15(18-11)12-4-2-5-13(8-12)16(20)19-7-3-6-14(17)9-19/h2,4-5,8,10,14H,3,6-7,9,17H2,1H3. The zero-order chi connectivity index (χ0) is 14.8. The molecule has 5 heteroatoms. The molecular formula is C16H19N3OS. The predicted molar refractivity (Wildman–Crippen MR) is 85.4 cm³/mol. The Kier molecular flexibility index (Phi) is 4.03. The number of carbonyl (C=O) groups is 1. The number of nitrogens with zero attached hydrogens (tertiary/aromatic N) is 2. The number of piperidine rings is 1. The molecule has 0 radical (unpaired) electrons. The number of thiazole rings is 1. The van der Waals surface area contributed by atoms with Crippen molar-refractivity contribution in [3.8, 4) is 10.6 Å². The molecule has 2 heterocycles. The van der Waals surface area contributed by atoms with E-state index >= 15 is 0 Å². The van der Waals surface area contributed by atoms with Crippen LogP contribution in [0.1, 0.15) is 28.9 Å². The maximum atomic E-state index is 12.6. The number of hydrogen-bond donors (Lipinski definition) is 1. The highest BCUT2D eigenvalue weighted by atomic mass is 32.1. The highest BCUT2D eigenvalue weighted by Gasteiger charge is 2.22. The minimum absolute atomic E-state index is 0.0697. The second-order valence-electron chi connectivity index (χ2n) is 5.53. The first-order valence-corrected chi connectivity index (χ1v) is 8.09. The van der Waals surface area contributed by atoms with Crippen LogP contribution in [0.5, 0.6) is 0 Å². The van der Waals surface area contributed by atoms with E-state index in [0.29, 0.717) is 6.54 Å². The summed E-state index contributed by atoms with van der Waals surface area (Å²) in [6.45, 7) is 3.43. The fourth-order valence-electron chi connectivity index (χ4n) is 2.65. The Bertz CT molecular complexity index is 652. The van der Waals surface area contributed by atoms with Gasteiger partial charge < -0.3 is 10.6 Å². The minimum atomic E-state index is 0.0697. The molecule has 0 spiro atoms. The Labute approximate surface area is 128 Å². The molecule has 3 rings (SSSR count). The summed E-state index contributed by atoms with van der Waals surface area (Å²) in [4.78, 5) is 18.9. The number of nitrogens with two attached hydrogens (primary N) is 1. The molecule has 1 atom stereocenters. The fourth-order valence-corrected chi connectivity index (χ4v) is 3.44. The third-order valence-corrected chi connectivity index (χ3v) is 4.73. The van der Waals surface area contributed by atoms with Crippen LogP contribution in [0.25, 0.3) is 10.6 Å². The number of carbonyl (C=O) groups excluding carboxylic acids is 1. The second kappa shape index (κ2) is 5.95. The molecule has 21 heavy (non-hydrogen) atoms. The molecule has 2 aromatic rings. The highest BCUT2D eigenvalue weighted by molar-refractivity contribution is 7.13. The molecular weight excluding hydrogens is 282 g/mol. The number of likely N-dealkylation sites (tertiary alicyclic amines) is 1. The van der Waals surface area contributed by atoms with Gasteiger partial charge >= 0.3 is 0 Å². The number of benzene rings is 1. The van der Waals surface area contributed by atoms with E-state index in [4.69, 9.17) is 5.73 Å². The quantitative estimate of drug-likeness (QED) is 0.927. The maximum Gasteiger partial charge on any atom is 0.253 e. The lowest BCUT2D eigenvalue weighted by atomic mass is 10.0. The summed E-state index contributed by atoms with van der Waals surface area (Å²) in [7, 11) is 0. The molecule has 0 aliphatic carbocycles. The van der Waals surface area contributed by atoms with E-state index in [1.165, 1.54) is 0 Å². The van der Waals surface area contributed by atoms with Crippen LogP contribution < -0.4 is 5.73 Å². The topological polar surface area (TPSA) is 59.2 Å². The van der Waals surface area contributed by atoms with Crippen LogP contribution in [0.2, 0.25) is 0 Å². The molecule has 1 aromatic carbocycles. The number of hydrogen-bond acceptors (Lipinski definition) is 4. The lowest BCUT2D eigenvalue weighted by molar-refractivity contribution is 0.0709. The van der Waals surface area contributed by atoms with Crippen LogP contribution in [-0.4, -0.2) is 34.9 Å². The van der Waals surface area contributed by atoms with Gasteiger partial charge in [-0.15, -0.1) is 11.3 Å². The molecule has 2 N–H and O–H groups in total. The third kappa shape index (κ3) is 3.14. The van der Waals surface area contributed by atoms with Crippen molar-refractivity contribution >= 4 is 17.2 Å². The Morgan fingerprint density at radius 3 is 3.05 bits per heavy atom. The maximum absolute atomic E-state index is 12.6. The lowest BCUT2D eigenvalue weighted by Crippen LogP contribution is -2.45. The normalized spacial score (nSPS) is 18.8. The van der Waals surface area contributed by atoms with E-state index in [1.807, 2.05) is 41.5 Å². The Hall–Kier alpha value is -1.72. The number of aromatic nitrogens is 1. The van der Waals surface area contributed by atoms with Crippen molar-refractivity contribution in [3.05, 3.63) is 40.9 Å². The second-order valence-corrected chi connectivity index (χ2v) is 6.39. The van der Waals surface area contributed by atoms with Crippen LogP contribution in [-0.2, 0) is 0 Å². The summed E-state index contributed by atoms with van der Waals surface area (Å²) in [6.07, 6.45) is 1.99. The molecule has 4 nitrogen and oxygen atoms in total. The van der Waals surface area contributed by atoms with Crippen molar-refractivity contribution < 1.29 is 4.79 Å². The average Bonchev–Trinajstić information content (AvgIpc) is 2.93. The molecule has 1 saturated heterocycles. The van der Waals surface area contributed by atoms with Crippen LogP contribution in [0.4, 0.5) is 0 Å². The van der Waals surface area contributed by atoms with Crippen LogP contribution in [0, 0.1) is 6.92 Å². The molecule has 1 unspecified atom stereocenters. The van der Waals surface area contributed by atoms with Gasteiger partial charge in [-0.2, -0.15) is 0 Å². The Morgan fingerprint density at radius 1 is 1.48 bits per heavy atom. The first-order valence-electron chi connectivity index (χ1n) is 7.21. The van der Waals surface area contributed by atoms with Crippen LogP contribution in [0.15, 0.2) is 29.6 Å². The van der Waals surface area contributed by atoms with Gasteiger partial charge in [-0.25, -0.2) is 4.98 Å². The van der Waals surface area contributed by atoms with Gasteiger partial charge in [-0.1, -0.05) is 12.1 Å². The van der Waals surface area contributed by atoms with Gasteiger partial charge in [0.25, 0.3) is 5.91 Å². The molecule has 1 fully saturated rings. The van der Waals surface area contributed by atoms with Gasteiger partial charge in [0, 0.05) is 41.3 Å². The van der Waals surface area contributed by atoms with Gasteiger partial charge in [-0.05, 0) is 31.9 Å². The smallest absolute Gasteiger partial charge is 0.253 e. The SMILES string of the molecule is Cc1csc(-c2cccc(C(=O)N3CCCC(N)C3)c2)n1. The van der Waals surface area contributed by atoms with E-state index in [1.54, 1.807) is 11.3 Å². The largest absolute Gasteiger partial charge is 0.337 e. The molecule has 110 valence electrons. The molecule has 1 amide bonds. The van der Waals surface area contributed by atoms with Crippen molar-refractivity contribution in [2.45, 2.75) is 25.8 Å². The number of amides is 1. The van der Waals surface area contributed by atoms with Gasteiger partial charge in [0.15, 0.2) is 0 Å². The van der Waals surface area contributed by atoms with E-state index in [0.717, 1.165) is 41.2 Å².